The maximum atomic E-state index is 13.2. The van der Waals surface area contributed by atoms with Gasteiger partial charge >= 0.3 is 0 Å². The molecule has 0 saturated carbocycles. The summed E-state index contributed by atoms with van der Waals surface area (Å²) in [7, 11) is 2.04. The minimum atomic E-state index is -0.141. The minimum absolute atomic E-state index is 0.141. The molecule has 4 heteroatoms. The van der Waals surface area contributed by atoms with Crippen LogP contribution in [-0.2, 0) is 6.42 Å². The highest BCUT2D eigenvalue weighted by Gasteiger charge is 2.30. The molecule has 0 aliphatic carbocycles. The van der Waals surface area contributed by atoms with Gasteiger partial charge in [-0.3, -0.25) is 0 Å². The van der Waals surface area contributed by atoms with Gasteiger partial charge in [-0.25, -0.2) is 4.39 Å². The lowest BCUT2D eigenvalue weighted by Crippen LogP contribution is -2.43. The fraction of sp³-hybridized carbons (Fsp3) is 0.625. The molecule has 4 atom stereocenters. The van der Waals surface area contributed by atoms with Crippen molar-refractivity contribution in [2.24, 2.45) is 0 Å². The van der Waals surface area contributed by atoms with E-state index in [1.165, 1.54) is 11.3 Å². The first kappa shape index (κ1) is 16.2. The molecule has 1 aliphatic heterocycles. The molecule has 1 aliphatic rings. The zero-order chi connectivity index (χ0) is 14.7. The van der Waals surface area contributed by atoms with Crippen molar-refractivity contribution in [1.29, 1.82) is 0 Å². The van der Waals surface area contributed by atoms with Gasteiger partial charge in [0.05, 0.1) is 0 Å². The third-order valence-corrected chi connectivity index (χ3v) is 7.69. The van der Waals surface area contributed by atoms with Crippen LogP contribution in [0.2, 0.25) is 0 Å². The van der Waals surface area contributed by atoms with Gasteiger partial charge in [0, 0.05) is 27.5 Å². The number of halogens is 1. The summed E-state index contributed by atoms with van der Waals surface area (Å²) in [4.78, 5) is 0. The highest BCUT2D eigenvalue weighted by atomic mass is 32.2. The van der Waals surface area contributed by atoms with Gasteiger partial charge in [0.25, 0.3) is 0 Å². The molecular formula is C16H24FNS2. The molecule has 112 valence electrons. The van der Waals surface area contributed by atoms with Crippen molar-refractivity contribution < 1.29 is 4.39 Å². The zero-order valence-electron chi connectivity index (χ0n) is 12.7. The van der Waals surface area contributed by atoms with E-state index in [4.69, 9.17) is 0 Å². The van der Waals surface area contributed by atoms with E-state index < -0.39 is 0 Å². The molecule has 0 radical (unpaired) electrons. The predicted molar refractivity (Wildman–Crippen MR) is 90.4 cm³/mol. The van der Waals surface area contributed by atoms with Crippen molar-refractivity contribution in [1.82, 2.24) is 5.32 Å². The van der Waals surface area contributed by atoms with Gasteiger partial charge < -0.3 is 5.32 Å². The Kier molecular flexibility index (Phi) is 5.82. The van der Waals surface area contributed by atoms with Crippen molar-refractivity contribution in [3.05, 3.63) is 35.1 Å². The SMILES string of the molecule is CNC(Cc1ccc(F)cc1C)C1CSC(C)C(C)S1. The Labute approximate surface area is 130 Å². The lowest BCUT2D eigenvalue weighted by Gasteiger charge is -2.36. The summed E-state index contributed by atoms with van der Waals surface area (Å²) in [6.45, 7) is 6.64. The van der Waals surface area contributed by atoms with Gasteiger partial charge in [-0.1, -0.05) is 19.9 Å². The molecule has 0 aromatic heterocycles. The number of likely N-dealkylation sites (N-methyl/N-ethyl adjacent to an activating group) is 1. The third kappa shape index (κ3) is 3.92. The van der Waals surface area contributed by atoms with Crippen LogP contribution in [0, 0.1) is 12.7 Å². The minimum Gasteiger partial charge on any atom is -0.316 e. The second kappa shape index (κ2) is 7.19. The van der Waals surface area contributed by atoms with E-state index in [9.17, 15) is 4.39 Å². The zero-order valence-corrected chi connectivity index (χ0v) is 14.3. The molecule has 0 amide bonds. The summed E-state index contributed by atoms with van der Waals surface area (Å²) in [6.07, 6.45) is 0.974. The van der Waals surface area contributed by atoms with Gasteiger partial charge in [0.15, 0.2) is 0 Å². The lowest BCUT2D eigenvalue weighted by molar-refractivity contribution is 0.551. The number of rotatable bonds is 4. The van der Waals surface area contributed by atoms with Crippen LogP contribution in [0.5, 0.6) is 0 Å². The van der Waals surface area contributed by atoms with Crippen LogP contribution in [0.4, 0.5) is 4.39 Å². The van der Waals surface area contributed by atoms with Crippen LogP contribution in [0.3, 0.4) is 0 Å². The standard InChI is InChI=1S/C16H24FNS2/c1-10-7-14(17)6-5-13(10)8-15(18-4)16-9-19-11(2)12(3)20-16/h5-7,11-12,15-16,18H,8-9H2,1-4H3. The van der Waals surface area contributed by atoms with Crippen molar-refractivity contribution in [3.8, 4) is 0 Å². The Morgan fingerprint density at radius 3 is 2.70 bits per heavy atom. The van der Waals surface area contributed by atoms with Crippen LogP contribution in [0.1, 0.15) is 25.0 Å². The summed E-state index contributed by atoms with van der Waals surface area (Å²) < 4.78 is 13.2. The first-order valence-corrected chi connectivity index (χ1v) is 9.19. The third-order valence-electron chi connectivity index (χ3n) is 4.14. The van der Waals surface area contributed by atoms with E-state index >= 15 is 0 Å². The van der Waals surface area contributed by atoms with Crippen molar-refractivity contribution in [3.63, 3.8) is 0 Å². The highest BCUT2D eigenvalue weighted by molar-refractivity contribution is 8.07. The Hall–Kier alpha value is -0.190. The quantitative estimate of drug-likeness (QED) is 0.906. The molecular weight excluding hydrogens is 289 g/mol. The molecule has 4 unspecified atom stereocenters. The normalized spacial score (nSPS) is 28.4. The van der Waals surface area contributed by atoms with Gasteiger partial charge in [0.1, 0.15) is 5.82 Å². The van der Waals surface area contributed by atoms with Crippen LogP contribution >= 0.6 is 23.5 Å². The molecule has 1 aromatic rings. The number of benzene rings is 1. The van der Waals surface area contributed by atoms with Crippen LogP contribution in [-0.4, -0.2) is 34.6 Å². The van der Waals surface area contributed by atoms with E-state index in [0.717, 1.165) is 17.2 Å². The Balaban J connectivity index is 2.05. The molecule has 1 aromatic carbocycles. The maximum Gasteiger partial charge on any atom is 0.123 e. The Morgan fingerprint density at radius 2 is 2.10 bits per heavy atom. The number of aryl methyl sites for hydroxylation is 1. The van der Waals surface area contributed by atoms with Crippen LogP contribution in [0.15, 0.2) is 18.2 Å². The second-order valence-electron chi connectivity index (χ2n) is 5.59. The fourth-order valence-corrected chi connectivity index (χ4v) is 5.73. The highest BCUT2D eigenvalue weighted by Crippen LogP contribution is 2.37. The van der Waals surface area contributed by atoms with E-state index in [2.05, 4.69) is 42.7 Å². The molecule has 1 heterocycles. The maximum absolute atomic E-state index is 13.2. The predicted octanol–water partition coefficient (Wildman–Crippen LogP) is 3.89. The summed E-state index contributed by atoms with van der Waals surface area (Å²) in [6, 6.07) is 5.59. The molecule has 1 nitrogen and oxygen atoms in total. The topological polar surface area (TPSA) is 12.0 Å². The van der Waals surface area contributed by atoms with E-state index in [0.29, 0.717) is 16.5 Å². The van der Waals surface area contributed by atoms with Gasteiger partial charge in [0.2, 0.25) is 0 Å². The molecule has 1 N–H and O–H groups in total. The average molecular weight is 314 g/mol. The Bertz CT molecular complexity index is 452. The summed E-state index contributed by atoms with van der Waals surface area (Å²) in [5.74, 6) is 1.05. The summed E-state index contributed by atoms with van der Waals surface area (Å²) in [5, 5.41) is 5.53. The number of thioether (sulfide) groups is 2. The Morgan fingerprint density at radius 1 is 1.35 bits per heavy atom. The fourth-order valence-electron chi connectivity index (χ4n) is 2.56. The molecule has 0 bridgehead atoms. The molecule has 1 saturated heterocycles. The smallest absolute Gasteiger partial charge is 0.123 e. The van der Waals surface area contributed by atoms with E-state index in [-0.39, 0.29) is 5.82 Å². The number of hydrogen-bond acceptors (Lipinski definition) is 3. The monoisotopic (exact) mass is 313 g/mol. The van der Waals surface area contributed by atoms with Gasteiger partial charge in [-0.2, -0.15) is 23.5 Å². The van der Waals surface area contributed by atoms with Crippen molar-refractivity contribution in [2.75, 3.05) is 12.8 Å². The molecule has 0 spiro atoms. The molecule has 1 fully saturated rings. The molecule has 2 rings (SSSR count). The first-order chi connectivity index (χ1) is 9.51. The van der Waals surface area contributed by atoms with E-state index in [1.54, 1.807) is 12.1 Å². The average Bonchev–Trinajstić information content (AvgIpc) is 2.41. The van der Waals surface area contributed by atoms with Crippen molar-refractivity contribution >= 4 is 23.5 Å². The summed E-state index contributed by atoms with van der Waals surface area (Å²) >= 11 is 4.17. The largest absolute Gasteiger partial charge is 0.316 e. The molecule has 20 heavy (non-hydrogen) atoms. The van der Waals surface area contributed by atoms with Gasteiger partial charge in [-0.15, -0.1) is 0 Å². The summed E-state index contributed by atoms with van der Waals surface area (Å²) in [5.41, 5.74) is 2.31. The number of hydrogen-bond donors (Lipinski definition) is 1. The van der Waals surface area contributed by atoms with Crippen molar-refractivity contribution in [2.45, 2.75) is 49.0 Å². The second-order valence-corrected chi connectivity index (χ2v) is 8.62. The van der Waals surface area contributed by atoms with E-state index in [1.807, 2.05) is 20.0 Å². The lowest BCUT2D eigenvalue weighted by atomic mass is 9.99. The first-order valence-electron chi connectivity index (χ1n) is 7.20. The van der Waals surface area contributed by atoms with Crippen LogP contribution in [0.25, 0.3) is 0 Å². The van der Waals surface area contributed by atoms with Crippen LogP contribution < -0.4 is 5.32 Å². The van der Waals surface area contributed by atoms with Gasteiger partial charge in [-0.05, 0) is 43.7 Å². The number of nitrogens with one attached hydrogen (secondary N) is 1.